The fourth-order valence-electron chi connectivity index (χ4n) is 2.92. The van der Waals surface area contributed by atoms with E-state index in [-0.39, 0.29) is 17.7 Å². The van der Waals surface area contributed by atoms with E-state index < -0.39 is 5.97 Å². The van der Waals surface area contributed by atoms with Crippen LogP contribution in [0.2, 0.25) is 0 Å². The molecule has 0 saturated carbocycles. The first kappa shape index (κ1) is 18.1. The number of hydrogen-bond acceptors (Lipinski definition) is 5. The zero-order chi connectivity index (χ0) is 18.7. The van der Waals surface area contributed by atoms with Crippen LogP contribution < -0.4 is 5.32 Å². The van der Waals surface area contributed by atoms with Gasteiger partial charge in [0.15, 0.2) is 0 Å². The molecule has 2 aromatic rings. The molecule has 0 aliphatic carbocycles. The molecule has 1 fully saturated rings. The van der Waals surface area contributed by atoms with E-state index in [9.17, 15) is 14.4 Å². The highest BCUT2D eigenvalue weighted by Crippen LogP contribution is 2.20. The molecular weight excluding hydrogens is 354 g/mol. The van der Waals surface area contributed by atoms with E-state index in [1.54, 1.807) is 41.6 Å². The number of aliphatic carboxylic acids is 1. The third kappa shape index (κ3) is 3.91. The van der Waals surface area contributed by atoms with Gasteiger partial charge in [0.05, 0.1) is 17.1 Å². The summed E-state index contributed by atoms with van der Waals surface area (Å²) in [6.07, 6.45) is 0.951. The number of aryl methyl sites for hydroxylation is 1. The van der Waals surface area contributed by atoms with E-state index in [1.165, 1.54) is 11.3 Å². The molecular formula is C18H19N3O4S. The predicted octanol–water partition coefficient (Wildman–Crippen LogP) is 2.64. The third-order valence-electron chi connectivity index (χ3n) is 4.47. The molecule has 0 spiro atoms. The average Bonchev–Trinajstić information content (AvgIpc) is 3.08. The van der Waals surface area contributed by atoms with E-state index in [4.69, 9.17) is 5.11 Å². The van der Waals surface area contributed by atoms with E-state index in [0.29, 0.717) is 47.8 Å². The van der Waals surface area contributed by atoms with Crippen molar-refractivity contribution in [2.75, 3.05) is 18.4 Å². The summed E-state index contributed by atoms with van der Waals surface area (Å²) >= 11 is 1.28. The molecule has 1 aromatic heterocycles. The van der Waals surface area contributed by atoms with Gasteiger partial charge < -0.3 is 15.3 Å². The van der Waals surface area contributed by atoms with Crippen LogP contribution in [0.25, 0.3) is 0 Å². The molecule has 3 rings (SSSR count). The smallest absolute Gasteiger partial charge is 0.306 e. The molecule has 1 aromatic carbocycles. The number of carboxylic acid groups (broad SMARTS) is 1. The number of piperidine rings is 1. The second kappa shape index (κ2) is 7.65. The zero-order valence-corrected chi connectivity index (χ0v) is 15.1. The standard InChI is InChI=1S/C18H19N3O4S/c1-11-15(26-10-19-11)16(22)20-14-4-2-12(3-5-14)17(23)21-8-6-13(7-9-21)18(24)25/h2-5,10,13H,6-9H2,1H3,(H,20,22)(H,24,25). The Labute approximate surface area is 154 Å². The van der Waals surface area contributed by atoms with Gasteiger partial charge in [-0.1, -0.05) is 0 Å². The van der Waals surface area contributed by atoms with Crippen LogP contribution in [0, 0.1) is 12.8 Å². The van der Waals surface area contributed by atoms with Gasteiger partial charge in [0, 0.05) is 24.3 Å². The van der Waals surface area contributed by atoms with Gasteiger partial charge in [-0.25, -0.2) is 4.98 Å². The number of nitrogens with one attached hydrogen (secondary N) is 1. The van der Waals surface area contributed by atoms with Gasteiger partial charge in [0.1, 0.15) is 4.88 Å². The lowest BCUT2D eigenvalue weighted by atomic mass is 9.96. The van der Waals surface area contributed by atoms with Crippen molar-refractivity contribution in [1.29, 1.82) is 0 Å². The Morgan fingerprint density at radius 2 is 1.85 bits per heavy atom. The summed E-state index contributed by atoms with van der Waals surface area (Å²) in [4.78, 5) is 42.0. The summed E-state index contributed by atoms with van der Waals surface area (Å²) in [6, 6.07) is 6.71. The summed E-state index contributed by atoms with van der Waals surface area (Å²) in [5.74, 6) is -1.51. The minimum atomic E-state index is -0.798. The summed E-state index contributed by atoms with van der Waals surface area (Å²) in [7, 11) is 0. The van der Waals surface area contributed by atoms with Gasteiger partial charge in [0.25, 0.3) is 11.8 Å². The average molecular weight is 373 g/mol. The molecule has 0 unspecified atom stereocenters. The third-order valence-corrected chi connectivity index (χ3v) is 5.40. The number of amides is 2. The summed E-state index contributed by atoms with van der Waals surface area (Å²) in [5, 5.41) is 11.8. The van der Waals surface area contributed by atoms with Gasteiger partial charge in [-0.05, 0) is 44.0 Å². The molecule has 2 heterocycles. The number of nitrogens with zero attached hydrogens (tertiary/aromatic N) is 2. The Hall–Kier alpha value is -2.74. The summed E-state index contributed by atoms with van der Waals surface area (Å²) < 4.78 is 0. The molecule has 1 saturated heterocycles. The molecule has 2 amide bonds. The number of benzene rings is 1. The van der Waals surface area contributed by atoms with Crippen LogP contribution in [0.3, 0.4) is 0 Å². The van der Waals surface area contributed by atoms with Gasteiger partial charge in [-0.2, -0.15) is 0 Å². The van der Waals surface area contributed by atoms with Crippen LogP contribution in [0.1, 0.15) is 38.6 Å². The molecule has 7 nitrogen and oxygen atoms in total. The van der Waals surface area contributed by atoms with E-state index >= 15 is 0 Å². The molecule has 0 bridgehead atoms. The monoisotopic (exact) mass is 373 g/mol. The first-order valence-electron chi connectivity index (χ1n) is 8.29. The lowest BCUT2D eigenvalue weighted by molar-refractivity contribution is -0.143. The minimum Gasteiger partial charge on any atom is -0.481 e. The van der Waals surface area contributed by atoms with Crippen molar-refractivity contribution in [3.05, 3.63) is 45.9 Å². The maximum atomic E-state index is 12.5. The second-order valence-corrected chi connectivity index (χ2v) is 7.06. The van der Waals surface area contributed by atoms with Crippen molar-refractivity contribution in [2.45, 2.75) is 19.8 Å². The fourth-order valence-corrected chi connectivity index (χ4v) is 3.61. The van der Waals surface area contributed by atoms with Crippen molar-refractivity contribution in [3.63, 3.8) is 0 Å². The van der Waals surface area contributed by atoms with Gasteiger partial charge in [0.2, 0.25) is 0 Å². The number of hydrogen-bond donors (Lipinski definition) is 2. The first-order valence-corrected chi connectivity index (χ1v) is 9.17. The topological polar surface area (TPSA) is 99.6 Å². The van der Waals surface area contributed by atoms with Gasteiger partial charge in [-0.3, -0.25) is 14.4 Å². The number of carboxylic acids is 1. The Morgan fingerprint density at radius 3 is 2.38 bits per heavy atom. The minimum absolute atomic E-state index is 0.120. The van der Waals surface area contributed by atoms with E-state index in [0.717, 1.165) is 0 Å². The second-order valence-electron chi connectivity index (χ2n) is 6.20. The maximum Gasteiger partial charge on any atom is 0.306 e. The van der Waals surface area contributed by atoms with E-state index in [1.807, 2.05) is 0 Å². The number of thiazole rings is 1. The molecule has 1 aliphatic rings. The quantitative estimate of drug-likeness (QED) is 0.858. The summed E-state index contributed by atoms with van der Waals surface area (Å²) in [6.45, 7) is 2.67. The molecule has 26 heavy (non-hydrogen) atoms. The van der Waals surface area contributed by atoms with Crippen LogP contribution in [-0.4, -0.2) is 45.9 Å². The number of anilines is 1. The number of carbonyl (C=O) groups excluding carboxylic acids is 2. The molecule has 0 atom stereocenters. The number of aromatic nitrogens is 1. The maximum absolute atomic E-state index is 12.5. The van der Waals surface area contributed by atoms with Gasteiger partial charge in [-0.15, -0.1) is 11.3 Å². The molecule has 1 aliphatic heterocycles. The van der Waals surface area contributed by atoms with Crippen LogP contribution in [0.5, 0.6) is 0 Å². The lowest BCUT2D eigenvalue weighted by Crippen LogP contribution is -2.40. The van der Waals surface area contributed by atoms with E-state index in [2.05, 4.69) is 10.3 Å². The van der Waals surface area contributed by atoms with Crippen LogP contribution in [0.15, 0.2) is 29.8 Å². The summed E-state index contributed by atoms with van der Waals surface area (Å²) in [5.41, 5.74) is 3.43. The predicted molar refractivity (Wildman–Crippen MR) is 97.5 cm³/mol. The Balaban J connectivity index is 1.61. The fraction of sp³-hybridized carbons (Fsp3) is 0.333. The Morgan fingerprint density at radius 1 is 1.19 bits per heavy atom. The van der Waals surface area contributed by atoms with Crippen molar-refractivity contribution in [1.82, 2.24) is 9.88 Å². The lowest BCUT2D eigenvalue weighted by Gasteiger charge is -2.30. The van der Waals surface area contributed by atoms with Crippen molar-refractivity contribution < 1.29 is 19.5 Å². The zero-order valence-electron chi connectivity index (χ0n) is 14.3. The highest BCUT2D eigenvalue weighted by Gasteiger charge is 2.27. The molecule has 0 radical (unpaired) electrons. The molecule has 136 valence electrons. The van der Waals surface area contributed by atoms with Gasteiger partial charge >= 0.3 is 5.97 Å². The Kier molecular flexibility index (Phi) is 5.32. The van der Waals surface area contributed by atoms with Crippen molar-refractivity contribution >= 4 is 34.8 Å². The van der Waals surface area contributed by atoms with Crippen LogP contribution in [0.4, 0.5) is 5.69 Å². The largest absolute Gasteiger partial charge is 0.481 e. The number of rotatable bonds is 4. The van der Waals surface area contributed by atoms with Crippen LogP contribution >= 0.6 is 11.3 Å². The first-order chi connectivity index (χ1) is 12.5. The Bertz CT molecular complexity index is 823. The number of carbonyl (C=O) groups is 3. The van der Waals surface area contributed by atoms with Crippen molar-refractivity contribution in [2.24, 2.45) is 5.92 Å². The van der Waals surface area contributed by atoms with Crippen LogP contribution in [-0.2, 0) is 4.79 Å². The molecule has 8 heteroatoms. The van der Waals surface area contributed by atoms with Crippen molar-refractivity contribution in [3.8, 4) is 0 Å². The SMILES string of the molecule is Cc1ncsc1C(=O)Nc1ccc(C(=O)N2CCC(C(=O)O)CC2)cc1. The number of likely N-dealkylation sites (tertiary alicyclic amines) is 1. The highest BCUT2D eigenvalue weighted by molar-refractivity contribution is 7.12. The highest BCUT2D eigenvalue weighted by atomic mass is 32.1. The molecule has 2 N–H and O–H groups in total. The normalized spacial score (nSPS) is 14.9.